The smallest absolute Gasteiger partial charge is 0.335 e. The van der Waals surface area contributed by atoms with Gasteiger partial charge in [-0.3, -0.25) is 4.90 Å². The lowest BCUT2D eigenvalue weighted by atomic mass is 10.2. The molecule has 0 radical (unpaired) electrons. The van der Waals surface area contributed by atoms with Crippen molar-refractivity contribution in [2.24, 2.45) is 0 Å². The first-order valence-electron chi connectivity index (χ1n) is 6.88. The Hall–Kier alpha value is -1.43. The molecule has 1 rings (SSSR count). The summed E-state index contributed by atoms with van der Waals surface area (Å²) in [6, 6.07) is 8.30. The van der Waals surface area contributed by atoms with Crippen LogP contribution in [-0.2, 0) is 0 Å². The number of hydrogen-bond acceptors (Lipinski definition) is 4. The van der Waals surface area contributed by atoms with Crippen molar-refractivity contribution in [1.29, 1.82) is 0 Å². The lowest BCUT2D eigenvalue weighted by Crippen LogP contribution is -2.30. The van der Waals surface area contributed by atoms with Crippen molar-refractivity contribution < 1.29 is 20.1 Å². The van der Waals surface area contributed by atoms with E-state index in [1.54, 1.807) is 30.3 Å². The van der Waals surface area contributed by atoms with Crippen LogP contribution in [0.4, 0.5) is 0 Å². The van der Waals surface area contributed by atoms with Gasteiger partial charge in [-0.25, -0.2) is 4.79 Å². The number of rotatable bonds is 8. The van der Waals surface area contributed by atoms with Crippen LogP contribution < -0.4 is 0 Å². The molecule has 0 saturated heterocycles. The minimum Gasteiger partial charge on any atom is -0.478 e. The molecule has 1 aromatic rings. The summed E-state index contributed by atoms with van der Waals surface area (Å²) in [7, 11) is 0. The second-order valence-electron chi connectivity index (χ2n) is 4.31. The van der Waals surface area contributed by atoms with E-state index >= 15 is 0 Å². The van der Waals surface area contributed by atoms with Crippen LogP contribution in [0.5, 0.6) is 0 Å². The Morgan fingerprint density at radius 1 is 1.05 bits per heavy atom. The molecule has 0 aliphatic heterocycles. The van der Waals surface area contributed by atoms with Gasteiger partial charge in [-0.1, -0.05) is 31.5 Å². The molecule has 0 atom stereocenters. The molecule has 0 bridgehead atoms. The molecule has 5 nitrogen and oxygen atoms in total. The highest BCUT2D eigenvalue weighted by molar-refractivity contribution is 5.87. The van der Waals surface area contributed by atoms with Crippen molar-refractivity contribution in [2.75, 3.05) is 32.8 Å². The van der Waals surface area contributed by atoms with E-state index in [4.69, 9.17) is 15.3 Å². The maximum Gasteiger partial charge on any atom is 0.335 e. The van der Waals surface area contributed by atoms with Crippen molar-refractivity contribution in [3.05, 3.63) is 35.9 Å². The van der Waals surface area contributed by atoms with Gasteiger partial charge in [0.05, 0.1) is 18.8 Å². The van der Waals surface area contributed by atoms with Crippen molar-refractivity contribution >= 4 is 5.97 Å². The third-order valence-electron chi connectivity index (χ3n) is 2.68. The van der Waals surface area contributed by atoms with Crippen molar-refractivity contribution in [1.82, 2.24) is 4.90 Å². The molecular formula is C15H25NO4. The van der Waals surface area contributed by atoms with E-state index in [2.05, 4.69) is 11.8 Å². The molecule has 3 N–H and O–H groups in total. The van der Waals surface area contributed by atoms with Crippen molar-refractivity contribution in [2.45, 2.75) is 19.8 Å². The molecule has 5 heteroatoms. The summed E-state index contributed by atoms with van der Waals surface area (Å²) in [5.41, 5.74) is 0.331. The Labute approximate surface area is 120 Å². The van der Waals surface area contributed by atoms with Crippen molar-refractivity contribution in [3.8, 4) is 0 Å². The summed E-state index contributed by atoms with van der Waals surface area (Å²) in [6.45, 7) is 4.85. The van der Waals surface area contributed by atoms with Gasteiger partial charge in [-0.15, -0.1) is 0 Å². The highest BCUT2D eigenvalue weighted by Crippen LogP contribution is 1.96. The zero-order valence-corrected chi connectivity index (χ0v) is 12.0. The normalized spacial score (nSPS) is 10.0. The number of benzene rings is 1. The van der Waals surface area contributed by atoms with E-state index in [1.807, 2.05) is 0 Å². The van der Waals surface area contributed by atoms with E-state index in [-0.39, 0.29) is 13.2 Å². The Bertz CT molecular complexity index is 337. The van der Waals surface area contributed by atoms with Crippen LogP contribution in [0.1, 0.15) is 30.1 Å². The largest absolute Gasteiger partial charge is 0.478 e. The van der Waals surface area contributed by atoms with E-state index in [0.29, 0.717) is 18.7 Å². The first-order valence-corrected chi connectivity index (χ1v) is 6.88. The number of unbranched alkanes of at least 4 members (excludes halogenated alkanes) is 1. The minimum atomic E-state index is -0.879. The van der Waals surface area contributed by atoms with Crippen LogP contribution in [0, 0.1) is 0 Å². The maximum atomic E-state index is 10.2. The third-order valence-corrected chi connectivity index (χ3v) is 2.68. The molecule has 0 saturated carbocycles. The monoisotopic (exact) mass is 283 g/mol. The highest BCUT2D eigenvalue weighted by atomic mass is 16.4. The fraction of sp³-hybridized carbons (Fsp3) is 0.533. The standard InChI is InChI=1S/C8H19NO2.C7H6O2/c1-2-3-4-9(5-7-10)6-8-11;8-7(9)6-4-2-1-3-5-6/h10-11H,2-8H2,1H3;1-5H,(H,8,9). The van der Waals surface area contributed by atoms with Crippen LogP contribution in [-0.4, -0.2) is 59.0 Å². The summed E-state index contributed by atoms with van der Waals surface area (Å²) in [6.07, 6.45) is 2.30. The molecule has 0 amide bonds. The molecule has 0 aromatic heterocycles. The van der Waals surface area contributed by atoms with Crippen LogP contribution in [0.15, 0.2) is 30.3 Å². The zero-order valence-electron chi connectivity index (χ0n) is 12.0. The molecular weight excluding hydrogens is 258 g/mol. The summed E-state index contributed by atoms with van der Waals surface area (Å²) >= 11 is 0. The van der Waals surface area contributed by atoms with E-state index in [9.17, 15) is 4.79 Å². The lowest BCUT2D eigenvalue weighted by molar-refractivity contribution is 0.0697. The zero-order chi connectivity index (χ0) is 15.2. The topological polar surface area (TPSA) is 81.0 Å². The highest BCUT2D eigenvalue weighted by Gasteiger charge is 2.00. The Morgan fingerprint density at radius 3 is 1.95 bits per heavy atom. The van der Waals surface area contributed by atoms with Gasteiger partial charge in [-0.2, -0.15) is 0 Å². The molecule has 1 aromatic carbocycles. The average molecular weight is 283 g/mol. The molecule has 114 valence electrons. The number of aliphatic hydroxyl groups is 2. The number of carboxylic acid groups (broad SMARTS) is 1. The predicted octanol–water partition coefficient (Wildman–Crippen LogP) is 1.46. The van der Waals surface area contributed by atoms with Gasteiger partial charge in [0, 0.05) is 13.1 Å². The number of hydrogen-bond donors (Lipinski definition) is 3. The van der Waals surface area contributed by atoms with Gasteiger partial charge in [-0.05, 0) is 25.1 Å². The Morgan fingerprint density at radius 2 is 1.60 bits per heavy atom. The molecule has 0 heterocycles. The second-order valence-corrected chi connectivity index (χ2v) is 4.31. The Balaban J connectivity index is 0.000000367. The molecule has 0 unspecified atom stereocenters. The van der Waals surface area contributed by atoms with Crippen LogP contribution in [0.2, 0.25) is 0 Å². The molecule has 0 aliphatic rings. The first-order chi connectivity index (χ1) is 9.65. The van der Waals surface area contributed by atoms with Crippen LogP contribution in [0.3, 0.4) is 0 Å². The van der Waals surface area contributed by atoms with Gasteiger partial charge in [0.25, 0.3) is 0 Å². The number of carbonyl (C=O) groups is 1. The predicted molar refractivity (Wildman–Crippen MR) is 78.9 cm³/mol. The second kappa shape index (κ2) is 12.6. The SMILES string of the molecule is CCCCN(CCO)CCO.O=C(O)c1ccccc1. The Kier molecular flexibility index (Phi) is 11.7. The summed E-state index contributed by atoms with van der Waals surface area (Å²) in [5, 5.41) is 25.7. The van der Waals surface area contributed by atoms with E-state index < -0.39 is 5.97 Å². The minimum absolute atomic E-state index is 0.184. The number of aliphatic hydroxyl groups excluding tert-OH is 2. The van der Waals surface area contributed by atoms with Crippen LogP contribution >= 0.6 is 0 Å². The van der Waals surface area contributed by atoms with Gasteiger partial charge >= 0.3 is 5.97 Å². The van der Waals surface area contributed by atoms with Gasteiger partial charge < -0.3 is 15.3 Å². The fourth-order valence-corrected chi connectivity index (χ4v) is 1.58. The molecule has 0 spiro atoms. The van der Waals surface area contributed by atoms with Crippen LogP contribution in [0.25, 0.3) is 0 Å². The van der Waals surface area contributed by atoms with Gasteiger partial charge in [0.2, 0.25) is 0 Å². The number of carboxylic acids is 1. The lowest BCUT2D eigenvalue weighted by Gasteiger charge is -2.19. The van der Waals surface area contributed by atoms with Gasteiger partial charge in [0.1, 0.15) is 0 Å². The van der Waals surface area contributed by atoms with Crippen molar-refractivity contribution in [3.63, 3.8) is 0 Å². The summed E-state index contributed by atoms with van der Waals surface area (Å²) in [4.78, 5) is 12.3. The number of aromatic carboxylic acids is 1. The van der Waals surface area contributed by atoms with Gasteiger partial charge in [0.15, 0.2) is 0 Å². The van der Waals surface area contributed by atoms with E-state index in [1.165, 1.54) is 0 Å². The quantitative estimate of drug-likeness (QED) is 0.673. The summed E-state index contributed by atoms with van der Waals surface area (Å²) < 4.78 is 0. The van der Waals surface area contributed by atoms with E-state index in [0.717, 1.165) is 19.4 Å². The molecule has 0 fully saturated rings. The first kappa shape index (κ1) is 18.6. The third kappa shape index (κ3) is 9.49. The molecule has 0 aliphatic carbocycles. The fourth-order valence-electron chi connectivity index (χ4n) is 1.58. The maximum absolute atomic E-state index is 10.2. The molecule has 20 heavy (non-hydrogen) atoms. The average Bonchev–Trinajstić information content (AvgIpc) is 2.47. The summed E-state index contributed by atoms with van der Waals surface area (Å²) in [5.74, 6) is -0.879. The number of nitrogens with zero attached hydrogens (tertiary/aromatic N) is 1.